The third-order valence-corrected chi connectivity index (χ3v) is 4.51. The lowest BCUT2D eigenvalue weighted by Gasteiger charge is -2.34. The lowest BCUT2D eigenvalue weighted by atomic mass is 9.91. The Morgan fingerprint density at radius 3 is 2.71 bits per heavy atom. The van der Waals surface area contributed by atoms with Crippen molar-refractivity contribution in [2.45, 2.75) is 49.7 Å². The Morgan fingerprint density at radius 1 is 1.24 bits per heavy atom. The van der Waals surface area contributed by atoms with Crippen LogP contribution >= 0.6 is 0 Å². The molecule has 0 spiro atoms. The molecule has 98 valence electrons. The maximum absolute atomic E-state index is 6.39. The average molecular weight is 239 g/mol. The first-order chi connectivity index (χ1) is 8.25. The van der Waals surface area contributed by atoms with E-state index >= 15 is 0 Å². The van der Waals surface area contributed by atoms with Gasteiger partial charge in [-0.1, -0.05) is 0 Å². The van der Waals surface area contributed by atoms with Crippen LogP contribution in [-0.4, -0.2) is 55.4 Å². The number of likely N-dealkylation sites (tertiary alicyclic amines) is 1. The van der Waals surface area contributed by atoms with Gasteiger partial charge in [-0.2, -0.15) is 0 Å². The van der Waals surface area contributed by atoms with E-state index in [9.17, 15) is 0 Å². The molecule has 2 saturated heterocycles. The predicted octanol–water partition coefficient (Wildman–Crippen LogP) is 0.321. The number of hydrogen-bond donors (Lipinski definition) is 2. The van der Waals surface area contributed by atoms with Gasteiger partial charge in [-0.15, -0.1) is 0 Å². The minimum Gasteiger partial charge on any atom is -0.381 e. The highest BCUT2D eigenvalue weighted by atomic mass is 16.5. The van der Waals surface area contributed by atoms with Crippen LogP contribution in [0.4, 0.5) is 0 Å². The Morgan fingerprint density at radius 2 is 2.00 bits per heavy atom. The van der Waals surface area contributed by atoms with Crippen LogP contribution in [-0.2, 0) is 4.74 Å². The van der Waals surface area contributed by atoms with Crippen LogP contribution in [0.2, 0.25) is 0 Å². The molecule has 1 unspecified atom stereocenters. The summed E-state index contributed by atoms with van der Waals surface area (Å²) in [5.74, 6) is 0. The van der Waals surface area contributed by atoms with Crippen LogP contribution in [0.3, 0.4) is 0 Å². The largest absolute Gasteiger partial charge is 0.381 e. The highest BCUT2D eigenvalue weighted by molar-refractivity contribution is 4.94. The van der Waals surface area contributed by atoms with E-state index in [0.29, 0.717) is 6.04 Å². The van der Waals surface area contributed by atoms with Gasteiger partial charge in [0.25, 0.3) is 0 Å². The predicted molar refractivity (Wildman–Crippen MR) is 68.0 cm³/mol. The second-order valence-electron chi connectivity index (χ2n) is 6.07. The van der Waals surface area contributed by atoms with E-state index in [0.717, 1.165) is 38.6 Å². The van der Waals surface area contributed by atoms with Crippen molar-refractivity contribution in [3.63, 3.8) is 0 Å². The third-order valence-electron chi connectivity index (χ3n) is 4.51. The van der Waals surface area contributed by atoms with Crippen molar-refractivity contribution in [3.8, 4) is 0 Å². The van der Waals surface area contributed by atoms with Crippen LogP contribution in [0.1, 0.15) is 32.1 Å². The molecule has 0 aromatic rings. The topological polar surface area (TPSA) is 50.5 Å². The summed E-state index contributed by atoms with van der Waals surface area (Å²) in [7, 11) is 0. The van der Waals surface area contributed by atoms with Gasteiger partial charge in [0.2, 0.25) is 0 Å². The molecular weight excluding hydrogens is 214 g/mol. The molecule has 17 heavy (non-hydrogen) atoms. The Balaban J connectivity index is 1.41. The van der Waals surface area contributed by atoms with Crippen molar-refractivity contribution in [1.82, 2.24) is 10.2 Å². The van der Waals surface area contributed by atoms with Gasteiger partial charge >= 0.3 is 0 Å². The summed E-state index contributed by atoms with van der Waals surface area (Å²) in [6.07, 6.45) is 6.14. The normalized spacial score (nSPS) is 34.1. The molecule has 0 radical (unpaired) electrons. The number of nitrogens with one attached hydrogen (secondary N) is 1. The summed E-state index contributed by atoms with van der Waals surface area (Å²) >= 11 is 0. The van der Waals surface area contributed by atoms with Crippen molar-refractivity contribution >= 4 is 0 Å². The summed E-state index contributed by atoms with van der Waals surface area (Å²) in [5, 5.41) is 3.68. The molecule has 1 atom stereocenters. The first kappa shape index (κ1) is 11.9. The Kier molecular flexibility index (Phi) is 3.39. The molecular formula is C13H25N3O. The SMILES string of the molecule is NC1(CNC2CCN(C3CC3)C2)CCOCC1. The molecule has 3 aliphatic rings. The fraction of sp³-hybridized carbons (Fsp3) is 1.00. The zero-order chi connectivity index (χ0) is 11.7. The zero-order valence-corrected chi connectivity index (χ0v) is 10.7. The summed E-state index contributed by atoms with van der Waals surface area (Å²) in [5.41, 5.74) is 6.37. The number of hydrogen-bond acceptors (Lipinski definition) is 4. The van der Waals surface area contributed by atoms with E-state index < -0.39 is 0 Å². The fourth-order valence-corrected chi connectivity index (χ4v) is 3.03. The molecule has 1 saturated carbocycles. The van der Waals surface area contributed by atoms with E-state index in [1.54, 1.807) is 0 Å². The number of nitrogens with zero attached hydrogens (tertiary/aromatic N) is 1. The number of rotatable bonds is 4. The number of ether oxygens (including phenoxy) is 1. The van der Waals surface area contributed by atoms with E-state index in [-0.39, 0.29) is 5.54 Å². The molecule has 2 heterocycles. The van der Waals surface area contributed by atoms with Crippen LogP contribution < -0.4 is 11.1 Å². The highest BCUT2D eigenvalue weighted by Gasteiger charge is 2.35. The Bertz CT molecular complexity index is 261. The van der Waals surface area contributed by atoms with Gasteiger partial charge in [-0.05, 0) is 32.1 Å². The molecule has 2 aliphatic heterocycles. The molecule has 3 rings (SSSR count). The first-order valence-electron chi connectivity index (χ1n) is 7.09. The second-order valence-corrected chi connectivity index (χ2v) is 6.07. The van der Waals surface area contributed by atoms with E-state index in [1.165, 1.54) is 32.4 Å². The minimum atomic E-state index is -0.0226. The quantitative estimate of drug-likeness (QED) is 0.742. The monoisotopic (exact) mass is 239 g/mol. The zero-order valence-electron chi connectivity index (χ0n) is 10.7. The Hall–Kier alpha value is -0.160. The summed E-state index contributed by atoms with van der Waals surface area (Å²) in [6.45, 7) is 5.13. The fourth-order valence-electron chi connectivity index (χ4n) is 3.03. The maximum Gasteiger partial charge on any atom is 0.0484 e. The van der Waals surface area contributed by atoms with Gasteiger partial charge < -0.3 is 15.8 Å². The lowest BCUT2D eigenvalue weighted by molar-refractivity contribution is 0.0522. The summed E-state index contributed by atoms with van der Waals surface area (Å²) in [4.78, 5) is 2.64. The summed E-state index contributed by atoms with van der Waals surface area (Å²) < 4.78 is 5.38. The third kappa shape index (κ3) is 2.99. The van der Waals surface area contributed by atoms with Crippen molar-refractivity contribution in [1.29, 1.82) is 0 Å². The maximum atomic E-state index is 6.39. The highest BCUT2D eigenvalue weighted by Crippen LogP contribution is 2.29. The summed E-state index contributed by atoms with van der Waals surface area (Å²) in [6, 6.07) is 1.58. The second kappa shape index (κ2) is 4.84. The number of nitrogens with two attached hydrogens (primary N) is 1. The molecule has 4 nitrogen and oxygen atoms in total. The first-order valence-corrected chi connectivity index (χ1v) is 7.09. The van der Waals surface area contributed by atoms with Crippen molar-refractivity contribution in [2.75, 3.05) is 32.8 Å². The van der Waals surface area contributed by atoms with Crippen LogP contribution in [0.25, 0.3) is 0 Å². The van der Waals surface area contributed by atoms with E-state index in [2.05, 4.69) is 10.2 Å². The van der Waals surface area contributed by atoms with Gasteiger partial charge in [-0.25, -0.2) is 0 Å². The van der Waals surface area contributed by atoms with Crippen LogP contribution in [0.5, 0.6) is 0 Å². The molecule has 0 aromatic heterocycles. The standard InChI is InChI=1S/C13H25N3O/c14-13(4-7-17-8-5-13)10-15-11-3-6-16(9-11)12-1-2-12/h11-12,15H,1-10,14H2. The van der Waals surface area contributed by atoms with Crippen molar-refractivity contribution in [3.05, 3.63) is 0 Å². The molecule has 0 bridgehead atoms. The molecule has 3 fully saturated rings. The van der Waals surface area contributed by atoms with Gasteiger partial charge in [-0.3, -0.25) is 4.90 Å². The van der Waals surface area contributed by atoms with Gasteiger partial charge in [0.1, 0.15) is 0 Å². The van der Waals surface area contributed by atoms with E-state index in [1.807, 2.05) is 0 Å². The average Bonchev–Trinajstić information content (AvgIpc) is 3.07. The van der Waals surface area contributed by atoms with Gasteiger partial charge in [0.15, 0.2) is 0 Å². The lowest BCUT2D eigenvalue weighted by Crippen LogP contribution is -2.54. The van der Waals surface area contributed by atoms with Gasteiger partial charge in [0.05, 0.1) is 0 Å². The van der Waals surface area contributed by atoms with Crippen LogP contribution in [0, 0.1) is 0 Å². The van der Waals surface area contributed by atoms with Gasteiger partial charge in [0, 0.05) is 50.5 Å². The molecule has 4 heteroatoms. The molecule has 3 N–H and O–H groups in total. The minimum absolute atomic E-state index is 0.0226. The molecule has 1 aliphatic carbocycles. The smallest absolute Gasteiger partial charge is 0.0484 e. The van der Waals surface area contributed by atoms with Crippen molar-refractivity contribution in [2.24, 2.45) is 5.73 Å². The van der Waals surface area contributed by atoms with Crippen LogP contribution in [0.15, 0.2) is 0 Å². The molecule has 0 aromatic carbocycles. The molecule has 0 amide bonds. The van der Waals surface area contributed by atoms with Crippen molar-refractivity contribution < 1.29 is 4.74 Å². The Labute approximate surface area is 104 Å². The van der Waals surface area contributed by atoms with E-state index in [4.69, 9.17) is 10.5 Å².